The van der Waals surface area contributed by atoms with Gasteiger partial charge in [0.05, 0.1) is 59.2 Å². The molecule has 1 aliphatic carbocycles. The Kier molecular flexibility index (Phi) is 11.6. The number of fused-ring (bicyclic) bond motifs is 3. The van der Waals surface area contributed by atoms with Gasteiger partial charge in [0.2, 0.25) is 15.7 Å². The summed E-state index contributed by atoms with van der Waals surface area (Å²) in [6, 6.07) is 16.7. The summed E-state index contributed by atoms with van der Waals surface area (Å²) in [5.41, 5.74) is 11.0. The largest absolute Gasteiger partial charge is 0.489 e. The van der Waals surface area contributed by atoms with E-state index in [1.54, 1.807) is 23.2 Å². The summed E-state index contributed by atoms with van der Waals surface area (Å²) in [7, 11) is -4.75. The van der Waals surface area contributed by atoms with Gasteiger partial charge < -0.3 is 44.8 Å². The Bertz CT molecular complexity index is 2870. The van der Waals surface area contributed by atoms with E-state index in [0.717, 1.165) is 37.3 Å². The van der Waals surface area contributed by atoms with Crippen LogP contribution in [0.5, 0.6) is 11.6 Å². The van der Waals surface area contributed by atoms with E-state index < -0.39 is 38.5 Å². The number of pyridine rings is 1. The number of aromatic amines is 1. The highest BCUT2D eigenvalue weighted by Gasteiger charge is 2.40. The topological polar surface area (TPSA) is 208 Å². The van der Waals surface area contributed by atoms with E-state index in [-0.39, 0.29) is 70.1 Å². The molecule has 0 unspecified atom stereocenters. The van der Waals surface area contributed by atoms with Crippen LogP contribution in [0.4, 0.5) is 28.4 Å². The van der Waals surface area contributed by atoms with Crippen molar-refractivity contribution in [2.24, 2.45) is 11.1 Å². The van der Waals surface area contributed by atoms with Crippen molar-refractivity contribution in [1.82, 2.24) is 14.9 Å². The second kappa shape index (κ2) is 17.4. The Hall–Kier alpha value is -5.92. The monoisotopic (exact) mass is 938 g/mol. The van der Waals surface area contributed by atoms with Crippen molar-refractivity contribution in [3.63, 3.8) is 0 Å². The van der Waals surface area contributed by atoms with Gasteiger partial charge in [0.15, 0.2) is 11.4 Å². The molecule has 2 fully saturated rings. The van der Waals surface area contributed by atoms with Gasteiger partial charge in [-0.25, -0.2) is 8.42 Å². The molecule has 0 bridgehead atoms. The first kappa shape index (κ1) is 43.9. The average Bonchev–Trinajstić information content (AvgIpc) is 3.78. The molecule has 346 valence electrons. The van der Waals surface area contributed by atoms with Crippen LogP contribution in [0, 0.1) is 15.5 Å². The van der Waals surface area contributed by atoms with Gasteiger partial charge in [-0.1, -0.05) is 43.2 Å². The van der Waals surface area contributed by atoms with E-state index in [9.17, 15) is 14.9 Å². The second-order valence-corrected chi connectivity index (χ2v) is 20.5. The predicted octanol–water partition coefficient (Wildman–Crippen LogP) is 6.96. The molecule has 66 heavy (non-hydrogen) atoms. The molecular weight excluding hydrogens is 888 g/mol. The Morgan fingerprint density at radius 3 is 2.53 bits per heavy atom. The van der Waals surface area contributed by atoms with E-state index >= 15 is 8.42 Å². The number of nitro groups is 1. The molecule has 17 nitrogen and oxygen atoms in total. The Labute approximate surface area is 386 Å². The molecule has 4 N–H and O–H groups in total. The maximum atomic E-state index is 15.7. The van der Waals surface area contributed by atoms with Crippen molar-refractivity contribution in [2.75, 3.05) is 87.4 Å². The van der Waals surface area contributed by atoms with Crippen LogP contribution in [0.2, 0.25) is 5.02 Å². The van der Waals surface area contributed by atoms with E-state index in [0.29, 0.717) is 61.4 Å². The van der Waals surface area contributed by atoms with Crippen LogP contribution in [0.1, 0.15) is 49.0 Å². The van der Waals surface area contributed by atoms with Crippen molar-refractivity contribution in [3.05, 3.63) is 98.7 Å². The zero-order valence-electron chi connectivity index (χ0n) is 36.7. The van der Waals surface area contributed by atoms with Crippen LogP contribution in [0.3, 0.4) is 0 Å². The number of allylic oxidation sites excluding steroid dienone is 1. The number of amides is 1. The Morgan fingerprint density at radius 1 is 0.985 bits per heavy atom. The Morgan fingerprint density at radius 2 is 1.79 bits per heavy atom. The summed E-state index contributed by atoms with van der Waals surface area (Å²) in [4.78, 5) is 39.0. The molecule has 0 spiro atoms. The summed E-state index contributed by atoms with van der Waals surface area (Å²) in [6.45, 7) is 8.85. The third-order valence-corrected chi connectivity index (χ3v) is 15.4. The summed E-state index contributed by atoms with van der Waals surface area (Å²) in [6.07, 6.45) is 4.28. The maximum absolute atomic E-state index is 15.7. The number of rotatable bonds is 10. The number of ether oxygens (including phenoxy) is 4. The lowest BCUT2D eigenvalue weighted by Gasteiger charge is -2.40. The maximum Gasteiger partial charge on any atom is 0.297 e. The fourth-order valence-electron chi connectivity index (χ4n) is 9.86. The number of carbonyl (C=O) groups is 1. The molecule has 0 saturated carbocycles. The number of aromatic nitrogens is 2. The van der Waals surface area contributed by atoms with Gasteiger partial charge in [-0.2, -0.15) is 4.98 Å². The number of nitrogens with two attached hydrogens (primary N) is 1. The first-order valence-corrected chi connectivity index (χ1v) is 24.1. The summed E-state index contributed by atoms with van der Waals surface area (Å²) in [5, 5.41) is 17.4. The molecule has 2 aromatic heterocycles. The van der Waals surface area contributed by atoms with Crippen LogP contribution in [-0.2, 0) is 19.3 Å². The van der Waals surface area contributed by atoms with Crippen molar-refractivity contribution in [2.45, 2.75) is 55.0 Å². The zero-order chi connectivity index (χ0) is 45.9. The number of hydrogen-bond donors (Lipinski definition) is 3. The number of carbonyl (C=O) groups excluding carboxylic acids is 1. The smallest absolute Gasteiger partial charge is 0.297 e. The van der Waals surface area contributed by atoms with Crippen LogP contribution in [0.25, 0.3) is 16.6 Å². The zero-order valence-corrected chi connectivity index (χ0v) is 38.3. The standard InChI is InChI=1S/C47H51ClN8O9S/c1-47(2)11-9-30(34(24-47)28-3-5-31(48)6-4-28)25-53-13-15-54(16-14-53)36-8-7-33(44(49)57)42(55-17-18-64-46-38(55)21-29-10-12-50-45(29)52-46)43(36)66(60,61)32-22-37(56(58)59)41-39(23-32)65-26-35(51-41)40-27-62-19-20-63-40/h3-8,10,12,21-23,35,40,51H,9,11,13-20,24-27H2,1-2H3,(H2,49,57)(H,50,52)/t35-,40+/m0/s1. The highest BCUT2D eigenvalue weighted by atomic mass is 35.5. The first-order valence-electron chi connectivity index (χ1n) is 22.2. The van der Waals surface area contributed by atoms with Gasteiger partial charge in [-0.05, 0) is 72.2 Å². The minimum Gasteiger partial charge on any atom is -0.489 e. The van der Waals surface area contributed by atoms with Crippen molar-refractivity contribution in [3.8, 4) is 11.6 Å². The molecule has 19 heteroatoms. The molecule has 0 radical (unpaired) electrons. The number of benzene rings is 3. The fraction of sp³-hybridized carbons (Fsp3) is 0.404. The van der Waals surface area contributed by atoms with Gasteiger partial charge in [-0.3, -0.25) is 19.8 Å². The first-order chi connectivity index (χ1) is 31.7. The van der Waals surface area contributed by atoms with Gasteiger partial charge >= 0.3 is 0 Å². The molecule has 10 rings (SSSR count). The third kappa shape index (κ3) is 8.29. The molecule has 5 aromatic rings. The number of nitro benzene ring substituents is 1. The predicted molar refractivity (Wildman–Crippen MR) is 250 cm³/mol. The number of H-pyrrole nitrogens is 1. The lowest BCUT2D eigenvalue weighted by atomic mass is 9.72. The van der Waals surface area contributed by atoms with E-state index in [4.69, 9.17) is 36.3 Å². The van der Waals surface area contributed by atoms with Gasteiger partial charge in [0, 0.05) is 61.5 Å². The number of halogens is 1. The van der Waals surface area contributed by atoms with Crippen LogP contribution in [-0.4, -0.2) is 119 Å². The molecule has 6 heterocycles. The molecule has 5 aliphatic rings. The quantitative estimate of drug-likeness (QED) is 0.0956. The summed E-state index contributed by atoms with van der Waals surface area (Å²) < 4.78 is 55.0. The molecule has 4 aliphatic heterocycles. The van der Waals surface area contributed by atoms with Gasteiger partial charge in [0.1, 0.15) is 35.5 Å². The molecule has 2 saturated heterocycles. The average molecular weight is 939 g/mol. The van der Waals surface area contributed by atoms with Crippen LogP contribution >= 0.6 is 11.6 Å². The van der Waals surface area contributed by atoms with Crippen molar-refractivity contribution in [1.29, 1.82) is 0 Å². The normalized spacial score (nSPS) is 21.1. The minimum absolute atomic E-state index is 0.00679. The molecule has 2 atom stereocenters. The SMILES string of the molecule is CC1(C)CCC(CN2CCN(c3ccc(C(N)=O)c(N4CCOc5nc6[nH]ccc6cc54)c3S(=O)(=O)c3cc4c(c([N+](=O)[O-])c3)N[C@H]([C@H]3COCCO3)CO4)CC2)=C(c2ccc(Cl)cc2)C1. The van der Waals surface area contributed by atoms with Crippen molar-refractivity contribution >= 4 is 72.4 Å². The van der Waals surface area contributed by atoms with E-state index in [1.165, 1.54) is 22.8 Å². The Balaban J connectivity index is 1.06. The van der Waals surface area contributed by atoms with Crippen molar-refractivity contribution < 1.29 is 37.1 Å². The summed E-state index contributed by atoms with van der Waals surface area (Å²) >= 11 is 6.29. The molecule has 3 aromatic carbocycles. The van der Waals surface area contributed by atoms with E-state index in [2.05, 4.69) is 46.2 Å². The van der Waals surface area contributed by atoms with Crippen LogP contribution < -0.4 is 30.3 Å². The lowest BCUT2D eigenvalue weighted by Crippen LogP contribution is -2.48. The van der Waals surface area contributed by atoms with E-state index in [1.807, 2.05) is 29.2 Å². The number of nitrogens with zero attached hydrogens (tertiary/aromatic N) is 5. The highest BCUT2D eigenvalue weighted by Crippen LogP contribution is 2.49. The number of nitrogens with one attached hydrogen (secondary N) is 2. The number of anilines is 4. The highest BCUT2D eigenvalue weighted by molar-refractivity contribution is 7.91. The number of piperazine rings is 1. The lowest BCUT2D eigenvalue weighted by molar-refractivity contribution is -0.384. The minimum atomic E-state index is -4.75. The van der Waals surface area contributed by atoms with Gasteiger partial charge in [0.25, 0.3) is 11.6 Å². The summed E-state index contributed by atoms with van der Waals surface area (Å²) in [5.74, 6) is -0.628. The van der Waals surface area contributed by atoms with Gasteiger partial charge in [-0.15, -0.1) is 0 Å². The van der Waals surface area contributed by atoms with Crippen LogP contribution in [0.15, 0.2) is 82.2 Å². The number of hydrogen-bond acceptors (Lipinski definition) is 14. The molecule has 1 amide bonds. The number of sulfone groups is 1. The molecular formula is C47H51ClN8O9S. The second-order valence-electron chi connectivity index (χ2n) is 18.2. The number of primary amides is 1. The fourth-order valence-corrected chi connectivity index (χ4v) is 11.7. The third-order valence-electron chi connectivity index (χ3n) is 13.3.